The van der Waals surface area contributed by atoms with Gasteiger partial charge in [0.1, 0.15) is 0 Å². The number of thioether (sulfide) groups is 1. The zero-order chi connectivity index (χ0) is 13.0. The maximum atomic E-state index is 10.1. The third kappa shape index (κ3) is 3.89. The SMILES string of the molecule is CC1(CNCC(O)c2ccc(Cl)cc2)CCCS1. The van der Waals surface area contributed by atoms with E-state index >= 15 is 0 Å². The molecule has 0 amide bonds. The van der Waals surface area contributed by atoms with Gasteiger partial charge in [0, 0.05) is 22.9 Å². The van der Waals surface area contributed by atoms with Crippen molar-refractivity contribution in [3.05, 3.63) is 34.9 Å². The lowest BCUT2D eigenvalue weighted by molar-refractivity contribution is 0.174. The fourth-order valence-electron chi connectivity index (χ4n) is 2.25. The minimum Gasteiger partial charge on any atom is -0.387 e. The first-order valence-corrected chi connectivity index (χ1v) is 7.74. The summed E-state index contributed by atoms with van der Waals surface area (Å²) in [5, 5.41) is 14.1. The Morgan fingerprint density at radius 1 is 1.44 bits per heavy atom. The van der Waals surface area contributed by atoms with Crippen LogP contribution in [0, 0.1) is 0 Å². The second-order valence-electron chi connectivity index (χ2n) is 5.10. The highest BCUT2D eigenvalue weighted by atomic mass is 35.5. The molecule has 2 rings (SSSR count). The number of halogens is 1. The zero-order valence-corrected chi connectivity index (χ0v) is 12.2. The monoisotopic (exact) mass is 285 g/mol. The Hall–Kier alpha value is -0.220. The molecule has 4 heteroatoms. The van der Waals surface area contributed by atoms with Gasteiger partial charge in [0.05, 0.1) is 6.10 Å². The molecule has 0 aliphatic carbocycles. The lowest BCUT2D eigenvalue weighted by atomic mass is 10.1. The molecular formula is C14H20ClNOS. The average Bonchev–Trinajstić information content (AvgIpc) is 2.77. The Balaban J connectivity index is 1.77. The second-order valence-corrected chi connectivity index (χ2v) is 7.22. The maximum absolute atomic E-state index is 10.1. The Morgan fingerprint density at radius 2 is 2.17 bits per heavy atom. The molecule has 1 aliphatic heterocycles. The van der Waals surface area contributed by atoms with Crippen molar-refractivity contribution in [1.82, 2.24) is 5.32 Å². The van der Waals surface area contributed by atoms with Crippen molar-refractivity contribution in [3.8, 4) is 0 Å². The van der Waals surface area contributed by atoms with Crippen molar-refractivity contribution >= 4 is 23.4 Å². The summed E-state index contributed by atoms with van der Waals surface area (Å²) < 4.78 is 0.347. The van der Waals surface area contributed by atoms with Gasteiger partial charge in [0.2, 0.25) is 0 Å². The molecule has 1 aromatic rings. The van der Waals surface area contributed by atoms with Crippen LogP contribution in [0.5, 0.6) is 0 Å². The summed E-state index contributed by atoms with van der Waals surface area (Å²) in [7, 11) is 0. The van der Waals surface area contributed by atoms with Crippen LogP contribution in [-0.4, -0.2) is 28.7 Å². The summed E-state index contributed by atoms with van der Waals surface area (Å²) in [4.78, 5) is 0. The molecule has 100 valence electrons. The Kier molecular flexibility index (Phi) is 4.96. The summed E-state index contributed by atoms with van der Waals surface area (Å²) in [6.07, 6.45) is 2.11. The number of hydrogen-bond acceptors (Lipinski definition) is 3. The summed E-state index contributed by atoms with van der Waals surface area (Å²) in [6, 6.07) is 7.38. The van der Waals surface area contributed by atoms with E-state index in [4.69, 9.17) is 11.6 Å². The molecule has 1 aromatic carbocycles. The Labute approximate surface area is 118 Å². The van der Waals surface area contributed by atoms with Crippen LogP contribution < -0.4 is 5.32 Å². The smallest absolute Gasteiger partial charge is 0.0914 e. The van der Waals surface area contributed by atoms with E-state index in [1.165, 1.54) is 18.6 Å². The van der Waals surface area contributed by atoms with Gasteiger partial charge in [-0.05, 0) is 43.2 Å². The lowest BCUT2D eigenvalue weighted by Crippen LogP contribution is -2.35. The van der Waals surface area contributed by atoms with Gasteiger partial charge in [0.25, 0.3) is 0 Å². The van der Waals surface area contributed by atoms with Crippen LogP contribution in [-0.2, 0) is 0 Å². The van der Waals surface area contributed by atoms with Crippen molar-refractivity contribution in [3.63, 3.8) is 0 Å². The van der Waals surface area contributed by atoms with Crippen molar-refractivity contribution in [2.45, 2.75) is 30.6 Å². The number of rotatable bonds is 5. The van der Waals surface area contributed by atoms with E-state index < -0.39 is 6.10 Å². The molecule has 0 radical (unpaired) electrons. The molecule has 0 bridgehead atoms. The van der Waals surface area contributed by atoms with Gasteiger partial charge >= 0.3 is 0 Å². The van der Waals surface area contributed by atoms with Gasteiger partial charge in [-0.15, -0.1) is 0 Å². The van der Waals surface area contributed by atoms with Gasteiger partial charge < -0.3 is 10.4 Å². The minimum atomic E-state index is -0.461. The highest BCUT2D eigenvalue weighted by Crippen LogP contribution is 2.36. The van der Waals surface area contributed by atoms with E-state index in [9.17, 15) is 5.11 Å². The predicted octanol–water partition coefficient (Wildman–Crippen LogP) is 3.25. The molecule has 2 nitrogen and oxygen atoms in total. The average molecular weight is 286 g/mol. The topological polar surface area (TPSA) is 32.3 Å². The molecule has 1 heterocycles. The molecule has 0 spiro atoms. The fourth-order valence-corrected chi connectivity index (χ4v) is 3.65. The number of aliphatic hydroxyl groups excluding tert-OH is 1. The molecule has 2 atom stereocenters. The Bertz CT molecular complexity index is 376. The maximum Gasteiger partial charge on any atom is 0.0914 e. The summed E-state index contributed by atoms with van der Waals surface area (Å²) in [5.41, 5.74) is 0.913. The first-order chi connectivity index (χ1) is 8.59. The highest BCUT2D eigenvalue weighted by Gasteiger charge is 2.28. The van der Waals surface area contributed by atoms with Crippen molar-refractivity contribution in [2.75, 3.05) is 18.8 Å². The van der Waals surface area contributed by atoms with Crippen LogP contribution in [0.15, 0.2) is 24.3 Å². The molecule has 0 aromatic heterocycles. The summed E-state index contributed by atoms with van der Waals surface area (Å²) in [5.74, 6) is 1.26. The number of benzene rings is 1. The third-order valence-electron chi connectivity index (χ3n) is 3.39. The zero-order valence-electron chi connectivity index (χ0n) is 10.7. The molecule has 18 heavy (non-hydrogen) atoms. The molecule has 1 saturated heterocycles. The van der Waals surface area contributed by atoms with E-state index in [-0.39, 0.29) is 0 Å². The van der Waals surface area contributed by atoms with Gasteiger partial charge in [0.15, 0.2) is 0 Å². The van der Waals surface area contributed by atoms with Crippen LogP contribution in [0.1, 0.15) is 31.4 Å². The van der Waals surface area contributed by atoms with Gasteiger partial charge in [-0.1, -0.05) is 23.7 Å². The first kappa shape index (κ1) is 14.2. The van der Waals surface area contributed by atoms with Crippen molar-refractivity contribution in [2.24, 2.45) is 0 Å². The summed E-state index contributed by atoms with van der Waals surface area (Å²) in [6.45, 7) is 3.85. The quantitative estimate of drug-likeness (QED) is 0.871. The van der Waals surface area contributed by atoms with E-state index in [0.717, 1.165) is 12.1 Å². The van der Waals surface area contributed by atoms with E-state index in [0.29, 0.717) is 16.3 Å². The van der Waals surface area contributed by atoms with E-state index in [1.807, 2.05) is 36.0 Å². The fraction of sp³-hybridized carbons (Fsp3) is 0.571. The standard InChI is InChI=1S/C14H20ClNOS/c1-14(7-2-8-18-14)10-16-9-13(17)11-3-5-12(15)6-4-11/h3-6,13,16-17H,2,7-10H2,1H3. The van der Waals surface area contributed by atoms with Crippen molar-refractivity contribution < 1.29 is 5.11 Å². The molecule has 1 fully saturated rings. The van der Waals surface area contributed by atoms with Crippen LogP contribution >= 0.6 is 23.4 Å². The largest absolute Gasteiger partial charge is 0.387 e. The highest BCUT2D eigenvalue weighted by molar-refractivity contribution is 8.00. The third-order valence-corrected chi connectivity index (χ3v) is 5.18. The molecular weight excluding hydrogens is 266 g/mol. The van der Waals surface area contributed by atoms with Gasteiger partial charge in [-0.2, -0.15) is 11.8 Å². The van der Waals surface area contributed by atoms with E-state index in [1.54, 1.807) is 0 Å². The summed E-state index contributed by atoms with van der Waals surface area (Å²) >= 11 is 7.86. The number of nitrogens with one attached hydrogen (secondary N) is 1. The molecule has 2 unspecified atom stereocenters. The first-order valence-electron chi connectivity index (χ1n) is 6.37. The molecule has 0 saturated carbocycles. The van der Waals surface area contributed by atoms with Gasteiger partial charge in [-0.3, -0.25) is 0 Å². The lowest BCUT2D eigenvalue weighted by Gasteiger charge is -2.24. The second kappa shape index (κ2) is 6.29. The van der Waals surface area contributed by atoms with Gasteiger partial charge in [-0.25, -0.2) is 0 Å². The van der Waals surface area contributed by atoms with Crippen molar-refractivity contribution in [1.29, 1.82) is 0 Å². The normalized spacial score (nSPS) is 25.3. The van der Waals surface area contributed by atoms with Crippen LogP contribution in [0.3, 0.4) is 0 Å². The van der Waals surface area contributed by atoms with Crippen LogP contribution in [0.4, 0.5) is 0 Å². The number of aliphatic hydroxyl groups is 1. The van der Waals surface area contributed by atoms with Crippen LogP contribution in [0.2, 0.25) is 5.02 Å². The predicted molar refractivity (Wildman–Crippen MR) is 79.4 cm³/mol. The minimum absolute atomic E-state index is 0.347. The molecule has 1 aliphatic rings. The Morgan fingerprint density at radius 3 is 2.78 bits per heavy atom. The molecule has 2 N–H and O–H groups in total. The van der Waals surface area contributed by atoms with Crippen LogP contribution in [0.25, 0.3) is 0 Å². The van der Waals surface area contributed by atoms with E-state index in [2.05, 4.69) is 12.2 Å². The number of hydrogen-bond donors (Lipinski definition) is 2.